The third-order valence-corrected chi connectivity index (χ3v) is 6.84. The highest BCUT2D eigenvalue weighted by atomic mass is 15.2. The van der Waals surface area contributed by atoms with Crippen molar-refractivity contribution in [2.75, 3.05) is 13.1 Å². The maximum absolute atomic E-state index is 6.51. The fraction of sp³-hybridized carbons (Fsp3) is 1.00. The van der Waals surface area contributed by atoms with E-state index in [0.717, 1.165) is 23.8 Å². The first-order valence-corrected chi connectivity index (χ1v) is 9.45. The molecule has 3 aliphatic rings. The molecule has 3 fully saturated rings. The Kier molecular flexibility index (Phi) is 4.66. The highest BCUT2D eigenvalue weighted by Gasteiger charge is 2.39. The molecule has 122 valence electrons. The number of nitrogens with zero attached hydrogens (tertiary/aromatic N) is 1. The molecule has 0 aromatic carbocycles. The Morgan fingerprint density at radius 2 is 1.76 bits per heavy atom. The summed E-state index contributed by atoms with van der Waals surface area (Å²) in [6.45, 7) is 9.87. The lowest BCUT2D eigenvalue weighted by atomic mass is 9.67. The maximum atomic E-state index is 6.51. The minimum atomic E-state index is 0.449. The second-order valence-corrected chi connectivity index (χ2v) is 9.20. The van der Waals surface area contributed by atoms with Crippen LogP contribution in [0.2, 0.25) is 0 Å². The van der Waals surface area contributed by atoms with E-state index in [-0.39, 0.29) is 0 Å². The molecule has 0 amide bonds. The molecule has 0 aromatic rings. The number of likely N-dealkylation sites (tertiary alicyclic amines) is 1. The molecule has 2 nitrogen and oxygen atoms in total. The van der Waals surface area contributed by atoms with Gasteiger partial charge in [0.05, 0.1) is 0 Å². The van der Waals surface area contributed by atoms with Crippen molar-refractivity contribution in [3.63, 3.8) is 0 Å². The Balaban J connectivity index is 1.62. The highest BCUT2D eigenvalue weighted by Crippen LogP contribution is 2.42. The Hall–Kier alpha value is -0.0800. The molecule has 0 bridgehead atoms. The first kappa shape index (κ1) is 15.8. The third kappa shape index (κ3) is 3.47. The van der Waals surface area contributed by atoms with Crippen LogP contribution in [0.3, 0.4) is 0 Å². The van der Waals surface area contributed by atoms with Crippen molar-refractivity contribution in [2.24, 2.45) is 28.9 Å². The summed E-state index contributed by atoms with van der Waals surface area (Å²) < 4.78 is 0. The van der Waals surface area contributed by atoms with Crippen LogP contribution < -0.4 is 5.73 Å². The largest absolute Gasteiger partial charge is 0.327 e. The lowest BCUT2D eigenvalue weighted by Crippen LogP contribution is -2.50. The van der Waals surface area contributed by atoms with Gasteiger partial charge in [-0.05, 0) is 74.7 Å². The topological polar surface area (TPSA) is 29.3 Å². The summed E-state index contributed by atoms with van der Waals surface area (Å²) in [5.74, 6) is 2.62. The SMILES string of the molecule is CC(C)(C)C1CCC(N)C(CN2CCCC3CCCC32)C1. The van der Waals surface area contributed by atoms with Crippen molar-refractivity contribution >= 4 is 0 Å². The van der Waals surface area contributed by atoms with Crippen LogP contribution in [0.4, 0.5) is 0 Å². The number of piperidine rings is 1. The molecule has 5 unspecified atom stereocenters. The first-order valence-electron chi connectivity index (χ1n) is 9.45. The molecule has 21 heavy (non-hydrogen) atoms. The van der Waals surface area contributed by atoms with E-state index in [4.69, 9.17) is 5.73 Å². The first-order chi connectivity index (χ1) is 9.95. The van der Waals surface area contributed by atoms with Gasteiger partial charge in [0, 0.05) is 18.6 Å². The van der Waals surface area contributed by atoms with E-state index >= 15 is 0 Å². The van der Waals surface area contributed by atoms with Gasteiger partial charge in [0.15, 0.2) is 0 Å². The normalized spacial score (nSPS) is 42.0. The number of nitrogens with two attached hydrogens (primary N) is 1. The van der Waals surface area contributed by atoms with Gasteiger partial charge >= 0.3 is 0 Å². The summed E-state index contributed by atoms with van der Waals surface area (Å²) in [6.07, 6.45) is 11.3. The molecule has 0 radical (unpaired) electrons. The molecular formula is C19H36N2. The van der Waals surface area contributed by atoms with Crippen LogP contribution in [0.1, 0.15) is 72.1 Å². The molecule has 5 atom stereocenters. The van der Waals surface area contributed by atoms with Gasteiger partial charge in [-0.1, -0.05) is 27.2 Å². The molecule has 0 aromatic heterocycles. The fourth-order valence-electron chi connectivity index (χ4n) is 5.37. The van der Waals surface area contributed by atoms with E-state index in [1.807, 2.05) is 0 Å². The van der Waals surface area contributed by atoms with Gasteiger partial charge in [0.2, 0.25) is 0 Å². The van der Waals surface area contributed by atoms with E-state index in [1.54, 1.807) is 0 Å². The second-order valence-electron chi connectivity index (χ2n) is 9.20. The fourth-order valence-corrected chi connectivity index (χ4v) is 5.37. The molecule has 0 spiro atoms. The standard InChI is InChI=1S/C19H36N2/c1-19(2,3)16-9-10-17(20)15(12-16)13-21-11-5-7-14-6-4-8-18(14)21/h14-18H,4-13,20H2,1-3H3. The summed E-state index contributed by atoms with van der Waals surface area (Å²) in [7, 11) is 0. The average Bonchev–Trinajstić information content (AvgIpc) is 2.89. The van der Waals surface area contributed by atoms with E-state index in [0.29, 0.717) is 11.5 Å². The summed E-state index contributed by atoms with van der Waals surface area (Å²) in [5, 5.41) is 0. The van der Waals surface area contributed by atoms with Crippen LogP contribution in [-0.4, -0.2) is 30.1 Å². The number of hydrogen-bond donors (Lipinski definition) is 1. The van der Waals surface area contributed by atoms with Gasteiger partial charge in [0.1, 0.15) is 0 Å². The summed E-state index contributed by atoms with van der Waals surface area (Å²) in [4.78, 5) is 2.84. The minimum Gasteiger partial charge on any atom is -0.327 e. The molecule has 3 rings (SSSR count). The van der Waals surface area contributed by atoms with Gasteiger partial charge in [-0.25, -0.2) is 0 Å². The molecule has 1 saturated heterocycles. The summed E-state index contributed by atoms with van der Waals surface area (Å²) in [6, 6.07) is 1.35. The number of rotatable bonds is 2. The Morgan fingerprint density at radius 3 is 2.52 bits per heavy atom. The zero-order chi connectivity index (χ0) is 15.0. The molecule has 2 N–H and O–H groups in total. The lowest BCUT2D eigenvalue weighted by Gasteiger charge is -2.45. The smallest absolute Gasteiger partial charge is 0.0124 e. The van der Waals surface area contributed by atoms with E-state index < -0.39 is 0 Å². The van der Waals surface area contributed by atoms with Crippen LogP contribution in [0.15, 0.2) is 0 Å². The van der Waals surface area contributed by atoms with Crippen LogP contribution in [-0.2, 0) is 0 Å². The van der Waals surface area contributed by atoms with Crippen LogP contribution in [0, 0.1) is 23.2 Å². The maximum Gasteiger partial charge on any atom is 0.0124 e. The molecule has 2 aliphatic carbocycles. The van der Waals surface area contributed by atoms with Crippen molar-refractivity contribution in [2.45, 2.75) is 84.2 Å². The van der Waals surface area contributed by atoms with Gasteiger partial charge in [-0.3, -0.25) is 4.90 Å². The predicted octanol–water partition coefficient (Wildman–Crippen LogP) is 4.04. The second kappa shape index (κ2) is 6.20. The van der Waals surface area contributed by atoms with E-state index in [2.05, 4.69) is 25.7 Å². The van der Waals surface area contributed by atoms with E-state index in [1.165, 1.54) is 64.5 Å². The van der Waals surface area contributed by atoms with Crippen LogP contribution in [0.25, 0.3) is 0 Å². The molecular weight excluding hydrogens is 256 g/mol. The van der Waals surface area contributed by atoms with Crippen molar-refractivity contribution in [1.82, 2.24) is 4.90 Å². The lowest BCUT2D eigenvalue weighted by molar-refractivity contribution is 0.0547. The van der Waals surface area contributed by atoms with Crippen molar-refractivity contribution in [3.8, 4) is 0 Å². The monoisotopic (exact) mass is 292 g/mol. The zero-order valence-corrected chi connectivity index (χ0v) is 14.5. The summed E-state index contributed by atoms with van der Waals surface area (Å²) >= 11 is 0. The van der Waals surface area contributed by atoms with Gasteiger partial charge < -0.3 is 5.73 Å². The molecule has 1 aliphatic heterocycles. The van der Waals surface area contributed by atoms with Crippen molar-refractivity contribution in [1.29, 1.82) is 0 Å². The Bertz CT molecular complexity index is 346. The minimum absolute atomic E-state index is 0.449. The van der Waals surface area contributed by atoms with Gasteiger partial charge in [-0.2, -0.15) is 0 Å². The third-order valence-electron chi connectivity index (χ3n) is 6.84. The van der Waals surface area contributed by atoms with Crippen molar-refractivity contribution < 1.29 is 0 Å². The average molecular weight is 293 g/mol. The van der Waals surface area contributed by atoms with Crippen molar-refractivity contribution in [3.05, 3.63) is 0 Å². The predicted molar refractivity (Wildman–Crippen MR) is 90.2 cm³/mol. The van der Waals surface area contributed by atoms with Gasteiger partial charge in [0.25, 0.3) is 0 Å². The number of fused-ring (bicyclic) bond motifs is 1. The van der Waals surface area contributed by atoms with Gasteiger partial charge in [-0.15, -0.1) is 0 Å². The molecule has 1 heterocycles. The molecule has 2 saturated carbocycles. The quantitative estimate of drug-likeness (QED) is 0.832. The highest BCUT2D eigenvalue weighted by molar-refractivity contribution is 4.93. The van der Waals surface area contributed by atoms with Crippen LogP contribution in [0.5, 0.6) is 0 Å². The Morgan fingerprint density at radius 1 is 1.00 bits per heavy atom. The zero-order valence-electron chi connectivity index (χ0n) is 14.5. The molecule has 2 heteroatoms. The van der Waals surface area contributed by atoms with Crippen LogP contribution >= 0.6 is 0 Å². The summed E-state index contributed by atoms with van der Waals surface area (Å²) in [5.41, 5.74) is 6.97. The van der Waals surface area contributed by atoms with E-state index in [9.17, 15) is 0 Å². The number of hydrogen-bond acceptors (Lipinski definition) is 2. The Labute approximate surface area is 131 Å².